The zero-order chi connectivity index (χ0) is 20.5. The molecule has 3 rings (SSSR count). The van der Waals surface area contributed by atoms with E-state index in [0.717, 1.165) is 27.8 Å². The highest BCUT2D eigenvalue weighted by Gasteiger charge is 2.08. The number of nitrogens with one attached hydrogen (secondary N) is 2. The predicted octanol–water partition coefficient (Wildman–Crippen LogP) is 5.43. The van der Waals surface area contributed by atoms with E-state index in [1.807, 2.05) is 48.5 Å². The largest absolute Gasteiger partial charge is 0.494 e. The van der Waals surface area contributed by atoms with Crippen molar-refractivity contribution < 1.29 is 9.53 Å². The number of carbonyl (C=O) groups excluding carboxylic acids is 1. The average Bonchev–Trinajstić information content (AvgIpc) is 2.73. The summed E-state index contributed by atoms with van der Waals surface area (Å²) in [5.41, 5.74) is 2.67. The van der Waals surface area contributed by atoms with Gasteiger partial charge in [-0.1, -0.05) is 36.4 Å². The van der Waals surface area contributed by atoms with Gasteiger partial charge in [0.2, 0.25) is 0 Å². The predicted molar refractivity (Wildman–Crippen MR) is 130 cm³/mol. The van der Waals surface area contributed by atoms with Gasteiger partial charge in [0.25, 0.3) is 5.91 Å². The van der Waals surface area contributed by atoms with E-state index >= 15 is 0 Å². The van der Waals surface area contributed by atoms with E-state index in [1.165, 1.54) is 5.56 Å². The Morgan fingerprint density at radius 1 is 0.966 bits per heavy atom. The third kappa shape index (κ3) is 7.14. The second kappa shape index (κ2) is 10.9. The van der Waals surface area contributed by atoms with Gasteiger partial charge in [0.1, 0.15) is 5.75 Å². The summed E-state index contributed by atoms with van der Waals surface area (Å²) in [6.45, 7) is 0.659. The van der Waals surface area contributed by atoms with E-state index in [0.29, 0.717) is 12.2 Å². The monoisotopic (exact) mass is 516 g/mol. The first-order chi connectivity index (χ1) is 14.1. The van der Waals surface area contributed by atoms with Crippen LogP contribution in [-0.4, -0.2) is 17.6 Å². The van der Waals surface area contributed by atoms with Crippen molar-refractivity contribution in [3.8, 4) is 5.75 Å². The van der Waals surface area contributed by atoms with Gasteiger partial charge in [0, 0.05) is 14.8 Å². The van der Waals surface area contributed by atoms with Gasteiger partial charge in [0.15, 0.2) is 5.11 Å². The number of carbonyl (C=O) groups is 1. The van der Waals surface area contributed by atoms with E-state index in [-0.39, 0.29) is 11.0 Å². The number of hydrogen-bond acceptors (Lipinski definition) is 3. The minimum absolute atomic E-state index is 0.237. The lowest BCUT2D eigenvalue weighted by Gasteiger charge is -2.11. The van der Waals surface area contributed by atoms with Crippen LogP contribution < -0.4 is 15.4 Å². The lowest BCUT2D eigenvalue weighted by atomic mass is 10.1. The Labute approximate surface area is 189 Å². The van der Waals surface area contributed by atoms with E-state index < -0.39 is 0 Å². The van der Waals surface area contributed by atoms with Crippen LogP contribution in [0, 0.1) is 3.57 Å². The zero-order valence-corrected chi connectivity index (χ0v) is 18.7. The second-order valence-electron chi connectivity index (χ2n) is 6.38. The number of benzene rings is 3. The highest BCUT2D eigenvalue weighted by molar-refractivity contribution is 14.1. The first-order valence-corrected chi connectivity index (χ1v) is 10.7. The molecule has 0 saturated carbocycles. The number of aryl methyl sites for hydroxylation is 1. The summed E-state index contributed by atoms with van der Waals surface area (Å²) in [5, 5.41) is 5.96. The van der Waals surface area contributed by atoms with Crippen LogP contribution in [0.5, 0.6) is 5.75 Å². The normalized spacial score (nSPS) is 10.2. The van der Waals surface area contributed by atoms with Crippen molar-refractivity contribution in [2.24, 2.45) is 0 Å². The molecule has 2 N–H and O–H groups in total. The van der Waals surface area contributed by atoms with Crippen LogP contribution in [0.4, 0.5) is 5.69 Å². The van der Waals surface area contributed by atoms with Crippen molar-refractivity contribution >= 4 is 51.5 Å². The van der Waals surface area contributed by atoms with Crippen LogP contribution in [-0.2, 0) is 6.42 Å². The third-order valence-electron chi connectivity index (χ3n) is 4.15. The smallest absolute Gasteiger partial charge is 0.257 e. The number of rotatable bonds is 7. The van der Waals surface area contributed by atoms with Gasteiger partial charge < -0.3 is 10.1 Å². The molecule has 0 aliphatic carbocycles. The molecule has 0 aliphatic heterocycles. The molecule has 0 aliphatic rings. The van der Waals surface area contributed by atoms with Crippen LogP contribution >= 0.6 is 34.8 Å². The molecule has 0 radical (unpaired) electrons. The van der Waals surface area contributed by atoms with Crippen LogP contribution in [0.2, 0.25) is 0 Å². The quantitative estimate of drug-likeness (QED) is 0.250. The molecule has 0 saturated heterocycles. The molecule has 0 fully saturated rings. The highest BCUT2D eigenvalue weighted by Crippen LogP contribution is 2.16. The van der Waals surface area contributed by atoms with Crippen LogP contribution in [0.3, 0.4) is 0 Å². The molecule has 0 atom stereocenters. The number of amides is 1. The average molecular weight is 516 g/mol. The maximum absolute atomic E-state index is 12.2. The van der Waals surface area contributed by atoms with Crippen molar-refractivity contribution in [2.75, 3.05) is 11.9 Å². The maximum Gasteiger partial charge on any atom is 0.257 e. The van der Waals surface area contributed by atoms with E-state index in [4.69, 9.17) is 17.0 Å². The van der Waals surface area contributed by atoms with Crippen molar-refractivity contribution in [3.05, 3.63) is 93.6 Å². The summed E-state index contributed by atoms with van der Waals surface area (Å²) in [6, 6.07) is 25.2. The fourth-order valence-electron chi connectivity index (χ4n) is 2.71. The minimum atomic E-state index is -0.237. The molecule has 0 bridgehead atoms. The molecule has 6 heteroatoms. The van der Waals surface area contributed by atoms with Gasteiger partial charge in [-0.3, -0.25) is 10.1 Å². The van der Waals surface area contributed by atoms with E-state index in [2.05, 4.69) is 57.5 Å². The van der Waals surface area contributed by atoms with Crippen molar-refractivity contribution in [1.82, 2.24) is 5.32 Å². The summed E-state index contributed by atoms with van der Waals surface area (Å²) in [5.74, 6) is 0.566. The summed E-state index contributed by atoms with van der Waals surface area (Å²) in [7, 11) is 0. The van der Waals surface area contributed by atoms with Crippen molar-refractivity contribution in [2.45, 2.75) is 12.8 Å². The molecule has 1 amide bonds. The van der Waals surface area contributed by atoms with Gasteiger partial charge >= 0.3 is 0 Å². The lowest BCUT2D eigenvalue weighted by molar-refractivity contribution is 0.0977. The van der Waals surface area contributed by atoms with E-state index in [1.54, 1.807) is 6.07 Å². The van der Waals surface area contributed by atoms with Gasteiger partial charge in [-0.25, -0.2) is 0 Å². The van der Waals surface area contributed by atoms with Crippen LogP contribution in [0.25, 0.3) is 0 Å². The van der Waals surface area contributed by atoms with Crippen LogP contribution in [0.1, 0.15) is 22.3 Å². The number of thiocarbonyl (C=S) groups is 1. The fraction of sp³-hybridized carbons (Fsp3) is 0.130. The van der Waals surface area contributed by atoms with E-state index in [9.17, 15) is 4.79 Å². The molecule has 0 aromatic heterocycles. The van der Waals surface area contributed by atoms with Crippen molar-refractivity contribution in [1.29, 1.82) is 0 Å². The number of ether oxygens (including phenoxy) is 1. The van der Waals surface area contributed by atoms with Gasteiger partial charge in [-0.05, 0) is 95.7 Å². The molecule has 0 heterocycles. The molecule has 4 nitrogen and oxygen atoms in total. The molecule has 3 aromatic rings. The standard InChI is InChI=1S/C23H21IN2O2S/c24-19-10-4-9-18(16-19)22(27)26-23(29)25-20-11-13-21(14-12-20)28-15-5-8-17-6-2-1-3-7-17/h1-4,6-7,9-14,16H,5,8,15H2,(H2,25,26,27,29). The highest BCUT2D eigenvalue weighted by atomic mass is 127. The Bertz CT molecular complexity index is 962. The lowest BCUT2D eigenvalue weighted by Crippen LogP contribution is -2.34. The molecule has 148 valence electrons. The Hall–Kier alpha value is -2.45. The van der Waals surface area contributed by atoms with Gasteiger partial charge in [0.05, 0.1) is 6.61 Å². The Morgan fingerprint density at radius 3 is 2.45 bits per heavy atom. The first-order valence-electron chi connectivity index (χ1n) is 9.25. The molecule has 3 aromatic carbocycles. The van der Waals surface area contributed by atoms with Gasteiger partial charge in [-0.15, -0.1) is 0 Å². The SMILES string of the molecule is O=C(NC(=S)Nc1ccc(OCCCc2ccccc2)cc1)c1cccc(I)c1. The molecular weight excluding hydrogens is 495 g/mol. The molecular formula is C23H21IN2O2S. The second-order valence-corrected chi connectivity index (χ2v) is 8.03. The summed E-state index contributed by atoms with van der Waals surface area (Å²) >= 11 is 7.40. The fourth-order valence-corrected chi connectivity index (χ4v) is 3.47. The topological polar surface area (TPSA) is 50.4 Å². The van der Waals surface area contributed by atoms with Crippen LogP contribution in [0.15, 0.2) is 78.9 Å². The summed E-state index contributed by atoms with van der Waals surface area (Å²) in [6.07, 6.45) is 1.95. The summed E-state index contributed by atoms with van der Waals surface area (Å²) < 4.78 is 6.78. The molecule has 0 unspecified atom stereocenters. The maximum atomic E-state index is 12.2. The Kier molecular flexibility index (Phi) is 8.01. The number of hydrogen-bond donors (Lipinski definition) is 2. The third-order valence-corrected chi connectivity index (χ3v) is 5.02. The Balaban J connectivity index is 1.42. The number of halogens is 1. The Morgan fingerprint density at radius 2 is 1.72 bits per heavy atom. The van der Waals surface area contributed by atoms with Crippen molar-refractivity contribution in [3.63, 3.8) is 0 Å². The first kappa shape index (κ1) is 21.3. The van der Waals surface area contributed by atoms with Gasteiger partial charge in [-0.2, -0.15) is 0 Å². The minimum Gasteiger partial charge on any atom is -0.494 e. The zero-order valence-electron chi connectivity index (χ0n) is 15.7. The summed E-state index contributed by atoms with van der Waals surface area (Å²) in [4.78, 5) is 12.2. The molecule has 0 spiro atoms. The number of anilines is 1. The molecule has 29 heavy (non-hydrogen) atoms.